The van der Waals surface area contributed by atoms with Crippen molar-refractivity contribution < 1.29 is 0 Å². The molecule has 0 heterocycles. The van der Waals surface area contributed by atoms with Gasteiger partial charge < -0.3 is 0 Å². The van der Waals surface area contributed by atoms with Crippen molar-refractivity contribution >= 4 is 0 Å². The van der Waals surface area contributed by atoms with E-state index in [1.54, 1.807) is 5.56 Å². The Kier molecular flexibility index (Phi) is 2.08. The van der Waals surface area contributed by atoms with E-state index in [1.165, 1.54) is 38.9 Å². The third-order valence-electron chi connectivity index (χ3n) is 5.15. The molecule has 0 saturated carbocycles. The van der Waals surface area contributed by atoms with E-state index in [2.05, 4.69) is 67.6 Å². The fourth-order valence-electron chi connectivity index (χ4n) is 4.21. The molecule has 1 unspecified atom stereocenters. The molecule has 0 amide bonds. The summed E-state index contributed by atoms with van der Waals surface area (Å²) in [5.74, 6) is 0.498. The van der Waals surface area contributed by atoms with Crippen LogP contribution in [0.2, 0.25) is 0 Å². The van der Waals surface area contributed by atoms with Crippen molar-refractivity contribution in [1.82, 2.24) is 0 Å². The summed E-state index contributed by atoms with van der Waals surface area (Å²) >= 11 is 0. The lowest BCUT2D eigenvalue weighted by atomic mass is 9.90. The second kappa shape index (κ2) is 3.85. The molecule has 0 aliphatic heterocycles. The van der Waals surface area contributed by atoms with Crippen LogP contribution >= 0.6 is 0 Å². The maximum atomic E-state index is 2.35. The van der Waals surface area contributed by atoms with Gasteiger partial charge in [0.15, 0.2) is 0 Å². The summed E-state index contributed by atoms with van der Waals surface area (Å²) in [5, 5.41) is 0. The van der Waals surface area contributed by atoms with Crippen molar-refractivity contribution in [2.45, 2.75) is 19.3 Å². The van der Waals surface area contributed by atoms with E-state index in [0.29, 0.717) is 5.92 Å². The lowest BCUT2D eigenvalue weighted by molar-refractivity contribution is 0.958. The largest absolute Gasteiger partial charge is 0.0619 e. The van der Waals surface area contributed by atoms with Crippen LogP contribution in [0.1, 0.15) is 35.1 Å². The van der Waals surface area contributed by atoms with Gasteiger partial charge in [0.05, 0.1) is 0 Å². The van der Waals surface area contributed by atoms with Gasteiger partial charge in [-0.15, -0.1) is 0 Å². The van der Waals surface area contributed by atoms with Gasteiger partial charge in [-0.1, -0.05) is 67.6 Å². The van der Waals surface area contributed by atoms with Crippen LogP contribution < -0.4 is 0 Å². The topological polar surface area (TPSA) is 0 Å². The first kappa shape index (κ1) is 11.3. The Morgan fingerprint density at radius 2 is 1.48 bits per heavy atom. The fraction of sp³-hybridized carbons (Fsp3) is 0.143. The highest BCUT2D eigenvalue weighted by molar-refractivity contribution is 5.90. The highest BCUT2D eigenvalue weighted by Gasteiger charge is 2.31. The third kappa shape index (κ3) is 1.35. The minimum Gasteiger partial charge on any atom is -0.0619 e. The van der Waals surface area contributed by atoms with Crippen LogP contribution in [-0.2, 0) is 6.42 Å². The third-order valence-corrected chi connectivity index (χ3v) is 5.15. The van der Waals surface area contributed by atoms with Crippen LogP contribution in [0.5, 0.6) is 0 Å². The van der Waals surface area contributed by atoms with Gasteiger partial charge in [0.1, 0.15) is 0 Å². The lowest BCUT2D eigenvalue weighted by Crippen LogP contribution is -1.94. The molecule has 0 bridgehead atoms. The van der Waals surface area contributed by atoms with Gasteiger partial charge in [-0.25, -0.2) is 0 Å². The Bertz CT molecular complexity index is 886. The van der Waals surface area contributed by atoms with Crippen molar-refractivity contribution in [3.63, 3.8) is 0 Å². The Hall–Kier alpha value is -2.34. The van der Waals surface area contributed by atoms with E-state index in [-0.39, 0.29) is 0 Å². The number of hydrogen-bond acceptors (Lipinski definition) is 0. The minimum absolute atomic E-state index is 0.498. The van der Waals surface area contributed by atoms with Crippen molar-refractivity contribution in [1.29, 1.82) is 0 Å². The van der Waals surface area contributed by atoms with Crippen LogP contribution in [0.25, 0.3) is 22.3 Å². The molecule has 21 heavy (non-hydrogen) atoms. The molecule has 0 radical (unpaired) electrons. The zero-order chi connectivity index (χ0) is 14.0. The van der Waals surface area contributed by atoms with Crippen LogP contribution in [0, 0.1) is 0 Å². The zero-order valence-corrected chi connectivity index (χ0v) is 12.1. The number of fused-ring (bicyclic) bond motifs is 7. The molecule has 100 valence electrons. The second-order valence-electron chi connectivity index (χ2n) is 6.20. The summed E-state index contributed by atoms with van der Waals surface area (Å²) < 4.78 is 0. The first-order valence-electron chi connectivity index (χ1n) is 7.68. The summed E-state index contributed by atoms with van der Waals surface area (Å²) in [6.45, 7) is 2.35. The molecule has 3 aromatic carbocycles. The zero-order valence-electron chi connectivity index (χ0n) is 12.1. The SMILES string of the molecule is CC1c2ccccc2-c2ccc3c(c21)-c1ccccc1C3. The maximum Gasteiger partial charge on any atom is 0.00795 e. The van der Waals surface area contributed by atoms with E-state index in [4.69, 9.17) is 0 Å². The molecule has 0 nitrogen and oxygen atoms in total. The fourth-order valence-corrected chi connectivity index (χ4v) is 4.21. The van der Waals surface area contributed by atoms with Gasteiger partial charge in [0, 0.05) is 5.92 Å². The first-order valence-corrected chi connectivity index (χ1v) is 7.68. The van der Waals surface area contributed by atoms with Gasteiger partial charge in [0.25, 0.3) is 0 Å². The van der Waals surface area contributed by atoms with Crippen LogP contribution in [0.3, 0.4) is 0 Å². The predicted octanol–water partition coefficient (Wildman–Crippen LogP) is 5.39. The highest BCUT2D eigenvalue weighted by Crippen LogP contribution is 2.52. The molecule has 2 aliphatic carbocycles. The molecule has 1 atom stereocenters. The van der Waals surface area contributed by atoms with E-state index >= 15 is 0 Å². The molecule has 0 saturated heterocycles. The molecule has 0 spiro atoms. The number of hydrogen-bond donors (Lipinski definition) is 0. The predicted molar refractivity (Wildman–Crippen MR) is 87.6 cm³/mol. The van der Waals surface area contributed by atoms with Crippen molar-refractivity contribution in [2.24, 2.45) is 0 Å². The van der Waals surface area contributed by atoms with E-state index < -0.39 is 0 Å². The summed E-state index contributed by atoms with van der Waals surface area (Å²) in [4.78, 5) is 0. The van der Waals surface area contributed by atoms with Crippen LogP contribution in [0.4, 0.5) is 0 Å². The number of benzene rings is 3. The second-order valence-corrected chi connectivity index (χ2v) is 6.20. The molecule has 2 aliphatic rings. The van der Waals surface area contributed by atoms with Gasteiger partial charge in [-0.2, -0.15) is 0 Å². The molecule has 0 fully saturated rings. The molecule has 0 heteroatoms. The summed E-state index contributed by atoms with van der Waals surface area (Å²) in [7, 11) is 0. The normalized spacial score (nSPS) is 17.1. The molecule has 3 aromatic rings. The number of rotatable bonds is 0. The van der Waals surface area contributed by atoms with Crippen molar-refractivity contribution in [3.05, 3.63) is 82.9 Å². The monoisotopic (exact) mass is 268 g/mol. The quantitative estimate of drug-likeness (QED) is 0.401. The summed E-state index contributed by atoms with van der Waals surface area (Å²) in [6.07, 6.45) is 1.09. The van der Waals surface area contributed by atoms with Gasteiger partial charge in [-0.05, 0) is 50.9 Å². The average Bonchev–Trinajstić information content (AvgIpc) is 3.04. The molecule has 5 rings (SSSR count). The smallest absolute Gasteiger partial charge is 0.00795 e. The molecular weight excluding hydrogens is 252 g/mol. The minimum atomic E-state index is 0.498. The van der Waals surface area contributed by atoms with E-state index in [1.807, 2.05) is 0 Å². The van der Waals surface area contributed by atoms with Crippen molar-refractivity contribution in [3.8, 4) is 22.3 Å². The molecular formula is C21H16. The summed E-state index contributed by atoms with van der Waals surface area (Å²) in [5.41, 5.74) is 11.8. The van der Waals surface area contributed by atoms with Crippen LogP contribution in [0.15, 0.2) is 60.7 Å². The lowest BCUT2D eigenvalue weighted by Gasteiger charge is -2.13. The van der Waals surface area contributed by atoms with E-state index in [0.717, 1.165) is 6.42 Å². The van der Waals surface area contributed by atoms with Crippen molar-refractivity contribution in [2.75, 3.05) is 0 Å². The Balaban J connectivity index is 1.87. The maximum absolute atomic E-state index is 2.35. The van der Waals surface area contributed by atoms with Gasteiger partial charge >= 0.3 is 0 Å². The standard InChI is InChI=1S/C21H16/c1-13-16-7-4-5-9-18(16)19-11-10-15-12-14-6-2-3-8-17(14)21(15)20(13)19/h2-11,13H,12H2,1H3. The Labute approximate surface area is 125 Å². The van der Waals surface area contributed by atoms with Gasteiger partial charge in [-0.3, -0.25) is 0 Å². The Morgan fingerprint density at radius 1 is 0.714 bits per heavy atom. The average molecular weight is 268 g/mol. The van der Waals surface area contributed by atoms with E-state index in [9.17, 15) is 0 Å². The molecule has 0 aromatic heterocycles. The summed E-state index contributed by atoms with van der Waals surface area (Å²) in [6, 6.07) is 22.4. The van der Waals surface area contributed by atoms with Gasteiger partial charge in [0.2, 0.25) is 0 Å². The Morgan fingerprint density at radius 3 is 2.38 bits per heavy atom. The highest BCUT2D eigenvalue weighted by atomic mass is 14.3. The molecule has 0 N–H and O–H groups in total. The first-order chi connectivity index (χ1) is 10.3. The van der Waals surface area contributed by atoms with Crippen LogP contribution in [-0.4, -0.2) is 0 Å².